The third-order valence-electron chi connectivity index (χ3n) is 3.69. The van der Waals surface area contributed by atoms with Gasteiger partial charge in [0.15, 0.2) is 13.2 Å². The van der Waals surface area contributed by atoms with Gasteiger partial charge in [0.25, 0.3) is 11.8 Å². The van der Waals surface area contributed by atoms with Gasteiger partial charge < -0.3 is 19.7 Å². The van der Waals surface area contributed by atoms with Crippen LogP contribution in [0.4, 0.5) is 11.4 Å². The van der Waals surface area contributed by atoms with Crippen LogP contribution in [0.5, 0.6) is 11.5 Å². The maximum Gasteiger partial charge on any atom is 0.264 e. The van der Waals surface area contributed by atoms with Gasteiger partial charge in [-0.15, -0.1) is 0 Å². The number of aryl methyl sites for hydroxylation is 1. The zero-order valence-electron chi connectivity index (χ0n) is 13.5. The fourth-order valence-corrected chi connectivity index (χ4v) is 2.40. The van der Waals surface area contributed by atoms with Crippen LogP contribution in [0.2, 0.25) is 0 Å². The summed E-state index contributed by atoms with van der Waals surface area (Å²) in [4.78, 5) is 25.2. The third kappa shape index (κ3) is 3.48. The number of benzene rings is 2. The van der Waals surface area contributed by atoms with E-state index >= 15 is 0 Å². The second-order valence-electron chi connectivity index (χ2n) is 5.58. The summed E-state index contributed by atoms with van der Waals surface area (Å²) in [6.07, 6.45) is 0. The summed E-state index contributed by atoms with van der Waals surface area (Å²) < 4.78 is 10.8. The Bertz CT molecular complexity index is 788. The molecule has 0 unspecified atom stereocenters. The summed E-state index contributed by atoms with van der Waals surface area (Å²) >= 11 is 0. The summed E-state index contributed by atoms with van der Waals surface area (Å²) in [6.45, 7) is 1.89. The fourth-order valence-electron chi connectivity index (χ4n) is 2.40. The highest BCUT2D eigenvalue weighted by atomic mass is 16.5. The van der Waals surface area contributed by atoms with Gasteiger partial charge in [-0.1, -0.05) is 12.1 Å². The van der Waals surface area contributed by atoms with Crippen molar-refractivity contribution in [1.82, 2.24) is 0 Å². The maximum absolute atomic E-state index is 12.0. The minimum absolute atomic E-state index is 0.0273. The molecule has 6 heteroatoms. The minimum Gasteiger partial charge on any atom is -0.484 e. The standard InChI is InChI=1S/C18H18N2O4/c1-12-4-3-5-14(8-12)23-10-17(21)19-13-6-7-16-15(9-13)20(2)18(22)11-24-16/h3-9H,10-11H2,1-2H3,(H,19,21). The van der Waals surface area contributed by atoms with Crippen molar-refractivity contribution in [1.29, 1.82) is 0 Å². The Morgan fingerprint density at radius 3 is 2.92 bits per heavy atom. The normalized spacial score (nSPS) is 13.1. The van der Waals surface area contributed by atoms with Gasteiger partial charge in [0.05, 0.1) is 5.69 Å². The number of carbonyl (C=O) groups is 2. The molecule has 0 radical (unpaired) electrons. The number of rotatable bonds is 4. The number of nitrogens with zero attached hydrogens (tertiary/aromatic N) is 1. The Balaban J connectivity index is 1.63. The molecule has 1 N–H and O–H groups in total. The first kappa shape index (κ1) is 15.9. The zero-order valence-corrected chi connectivity index (χ0v) is 13.5. The number of fused-ring (bicyclic) bond motifs is 1. The van der Waals surface area contributed by atoms with Gasteiger partial charge in [0.2, 0.25) is 0 Å². The quantitative estimate of drug-likeness (QED) is 0.936. The Hall–Kier alpha value is -3.02. The smallest absolute Gasteiger partial charge is 0.264 e. The molecule has 3 rings (SSSR count). The maximum atomic E-state index is 12.0. The lowest BCUT2D eigenvalue weighted by Crippen LogP contribution is -2.35. The van der Waals surface area contributed by atoms with Crippen molar-refractivity contribution in [3.8, 4) is 11.5 Å². The Kier molecular flexibility index (Phi) is 4.37. The largest absolute Gasteiger partial charge is 0.484 e. The van der Waals surface area contributed by atoms with Crippen LogP contribution in [-0.4, -0.2) is 32.1 Å². The Morgan fingerprint density at radius 2 is 2.12 bits per heavy atom. The molecule has 0 fully saturated rings. The Labute approximate surface area is 140 Å². The molecular weight excluding hydrogens is 308 g/mol. The highest BCUT2D eigenvalue weighted by molar-refractivity contribution is 5.99. The van der Waals surface area contributed by atoms with Gasteiger partial charge in [-0.3, -0.25) is 9.59 Å². The molecular formula is C18H18N2O4. The average Bonchev–Trinajstić information content (AvgIpc) is 2.57. The van der Waals surface area contributed by atoms with Crippen molar-refractivity contribution in [3.05, 3.63) is 48.0 Å². The highest BCUT2D eigenvalue weighted by Gasteiger charge is 2.22. The van der Waals surface area contributed by atoms with E-state index in [1.54, 1.807) is 31.3 Å². The van der Waals surface area contributed by atoms with Gasteiger partial charge in [0, 0.05) is 12.7 Å². The topological polar surface area (TPSA) is 67.9 Å². The second kappa shape index (κ2) is 6.62. The number of likely N-dealkylation sites (N-methyl/N-ethyl adjacent to an activating group) is 1. The van der Waals surface area contributed by atoms with E-state index in [-0.39, 0.29) is 25.0 Å². The van der Waals surface area contributed by atoms with Gasteiger partial charge in [-0.25, -0.2) is 0 Å². The number of amides is 2. The summed E-state index contributed by atoms with van der Waals surface area (Å²) in [5.74, 6) is 0.858. The second-order valence-corrected chi connectivity index (χ2v) is 5.58. The SMILES string of the molecule is Cc1cccc(OCC(=O)Nc2ccc3c(c2)N(C)C(=O)CO3)c1. The highest BCUT2D eigenvalue weighted by Crippen LogP contribution is 2.33. The van der Waals surface area contributed by atoms with Crippen LogP contribution in [0.3, 0.4) is 0 Å². The summed E-state index contributed by atoms with van der Waals surface area (Å²) in [7, 11) is 1.68. The first-order valence-corrected chi connectivity index (χ1v) is 7.55. The lowest BCUT2D eigenvalue weighted by atomic mass is 10.2. The van der Waals surface area contributed by atoms with Gasteiger partial charge in [0.1, 0.15) is 11.5 Å². The molecule has 124 valence electrons. The van der Waals surface area contributed by atoms with Crippen LogP contribution < -0.4 is 19.7 Å². The molecule has 0 aliphatic carbocycles. The molecule has 2 aromatic rings. The molecule has 1 heterocycles. The lowest BCUT2D eigenvalue weighted by Gasteiger charge is -2.26. The molecule has 24 heavy (non-hydrogen) atoms. The van der Waals surface area contributed by atoms with E-state index in [2.05, 4.69) is 5.32 Å². The predicted octanol–water partition coefficient (Wildman–Crippen LogP) is 2.37. The van der Waals surface area contributed by atoms with Gasteiger partial charge >= 0.3 is 0 Å². The molecule has 0 bridgehead atoms. The van der Waals surface area contributed by atoms with E-state index in [0.717, 1.165) is 5.56 Å². The van der Waals surface area contributed by atoms with Crippen molar-refractivity contribution in [2.45, 2.75) is 6.92 Å². The molecule has 0 spiro atoms. The molecule has 0 saturated carbocycles. The number of ether oxygens (including phenoxy) is 2. The van der Waals surface area contributed by atoms with Crippen molar-refractivity contribution in [2.24, 2.45) is 0 Å². The number of carbonyl (C=O) groups excluding carboxylic acids is 2. The molecule has 0 atom stereocenters. The molecule has 1 aliphatic heterocycles. The Morgan fingerprint density at radius 1 is 1.29 bits per heavy atom. The van der Waals surface area contributed by atoms with Gasteiger partial charge in [-0.2, -0.15) is 0 Å². The van der Waals surface area contributed by atoms with E-state index in [0.29, 0.717) is 22.9 Å². The molecule has 0 saturated heterocycles. The molecule has 6 nitrogen and oxygen atoms in total. The van der Waals surface area contributed by atoms with Crippen molar-refractivity contribution < 1.29 is 19.1 Å². The van der Waals surface area contributed by atoms with E-state index < -0.39 is 0 Å². The number of nitrogens with one attached hydrogen (secondary N) is 1. The van der Waals surface area contributed by atoms with E-state index in [1.807, 2.05) is 25.1 Å². The minimum atomic E-state index is -0.276. The van der Waals surface area contributed by atoms with Crippen LogP contribution in [-0.2, 0) is 9.59 Å². The van der Waals surface area contributed by atoms with Crippen molar-refractivity contribution in [3.63, 3.8) is 0 Å². The molecule has 0 aromatic heterocycles. The fraction of sp³-hybridized carbons (Fsp3) is 0.222. The van der Waals surface area contributed by atoms with Crippen molar-refractivity contribution in [2.75, 3.05) is 30.5 Å². The van der Waals surface area contributed by atoms with Crippen LogP contribution in [0.15, 0.2) is 42.5 Å². The number of hydrogen-bond donors (Lipinski definition) is 1. The first-order valence-electron chi connectivity index (χ1n) is 7.55. The number of anilines is 2. The monoisotopic (exact) mass is 326 g/mol. The van der Waals surface area contributed by atoms with Crippen molar-refractivity contribution >= 4 is 23.2 Å². The van der Waals surface area contributed by atoms with Gasteiger partial charge in [-0.05, 0) is 42.8 Å². The van der Waals surface area contributed by atoms with Crippen LogP contribution in [0.25, 0.3) is 0 Å². The zero-order chi connectivity index (χ0) is 17.1. The van der Waals surface area contributed by atoms with Crippen LogP contribution in [0, 0.1) is 6.92 Å². The predicted molar refractivity (Wildman–Crippen MR) is 90.7 cm³/mol. The molecule has 2 amide bonds. The van der Waals surface area contributed by atoms with E-state index in [4.69, 9.17) is 9.47 Å². The molecule has 2 aromatic carbocycles. The van der Waals surface area contributed by atoms with Crippen LogP contribution in [0.1, 0.15) is 5.56 Å². The van der Waals surface area contributed by atoms with E-state index in [1.165, 1.54) is 4.90 Å². The first-order chi connectivity index (χ1) is 11.5. The lowest BCUT2D eigenvalue weighted by molar-refractivity contribution is -0.121. The third-order valence-corrected chi connectivity index (χ3v) is 3.69. The number of hydrogen-bond acceptors (Lipinski definition) is 4. The van der Waals surface area contributed by atoms with Crippen LogP contribution >= 0.6 is 0 Å². The molecule has 1 aliphatic rings. The summed E-state index contributed by atoms with van der Waals surface area (Å²) in [5.41, 5.74) is 2.27. The average molecular weight is 326 g/mol. The van der Waals surface area contributed by atoms with E-state index in [9.17, 15) is 9.59 Å². The summed E-state index contributed by atoms with van der Waals surface area (Å²) in [6, 6.07) is 12.7. The summed E-state index contributed by atoms with van der Waals surface area (Å²) in [5, 5.41) is 2.75.